The molecule has 2 rings (SSSR count). The zero-order chi connectivity index (χ0) is 38.2. The van der Waals surface area contributed by atoms with Gasteiger partial charge in [0, 0.05) is 44.5 Å². The van der Waals surface area contributed by atoms with Crippen molar-refractivity contribution in [2.45, 2.75) is 19.3 Å². The highest BCUT2D eigenvalue weighted by molar-refractivity contribution is 6.13. The number of rotatable bonds is 36. The lowest BCUT2D eigenvalue weighted by Crippen LogP contribution is -2.35. The number of amides is 5. The van der Waals surface area contributed by atoms with Crippen molar-refractivity contribution in [1.82, 2.24) is 15.3 Å². The molecule has 302 valence electrons. The molecule has 0 saturated carbocycles. The first kappa shape index (κ1) is 45.7. The first-order valence-corrected chi connectivity index (χ1v) is 17.5. The zero-order valence-corrected chi connectivity index (χ0v) is 30.2. The molecule has 1 fully saturated rings. The van der Waals surface area contributed by atoms with Crippen molar-refractivity contribution < 1.29 is 81.0 Å². The molecule has 2 heterocycles. The summed E-state index contributed by atoms with van der Waals surface area (Å²) in [6.45, 7) is 7.30. The summed E-state index contributed by atoms with van der Waals surface area (Å²) in [5.74, 6) is -2.99. The predicted molar refractivity (Wildman–Crippen MR) is 179 cm³/mol. The Morgan fingerprint density at radius 3 is 1.23 bits per heavy atom. The molecule has 20 heteroatoms. The summed E-state index contributed by atoms with van der Waals surface area (Å²) in [5.41, 5.74) is 0. The number of nitrogens with zero attached hydrogens (tertiary/aromatic N) is 2. The van der Waals surface area contributed by atoms with Crippen LogP contribution in [0.2, 0.25) is 0 Å². The van der Waals surface area contributed by atoms with Crippen LogP contribution in [0.3, 0.4) is 0 Å². The number of imide groups is 2. The number of carbonyl (C=O) groups excluding carboxylic acids is 6. The Balaban J connectivity index is 1.16. The summed E-state index contributed by atoms with van der Waals surface area (Å²) in [5, 5.41) is 3.14. The Morgan fingerprint density at radius 2 is 0.849 bits per heavy atom. The lowest BCUT2D eigenvalue weighted by molar-refractivity contribution is -0.200. The third-order valence-corrected chi connectivity index (χ3v) is 6.80. The molecule has 0 atom stereocenters. The highest BCUT2D eigenvalue weighted by Crippen LogP contribution is 2.12. The minimum Gasteiger partial charge on any atom is -0.377 e. The highest BCUT2D eigenvalue weighted by atomic mass is 16.7. The average Bonchev–Trinajstić information content (AvgIpc) is 3.64. The minimum absolute atomic E-state index is 0.0338. The van der Waals surface area contributed by atoms with Gasteiger partial charge >= 0.3 is 5.97 Å². The third-order valence-electron chi connectivity index (χ3n) is 6.80. The summed E-state index contributed by atoms with van der Waals surface area (Å²) in [6, 6.07) is 0. The topological polar surface area (TPSA) is 222 Å². The highest BCUT2D eigenvalue weighted by Gasteiger charge is 2.32. The summed E-state index contributed by atoms with van der Waals surface area (Å²) >= 11 is 0. The van der Waals surface area contributed by atoms with Crippen molar-refractivity contribution in [2.24, 2.45) is 0 Å². The summed E-state index contributed by atoms with van der Waals surface area (Å²) in [6.07, 6.45) is 2.48. The fourth-order valence-electron chi connectivity index (χ4n) is 4.14. The van der Waals surface area contributed by atoms with Crippen LogP contribution in [-0.4, -0.2) is 191 Å². The number of carbonyl (C=O) groups is 6. The fraction of sp³-hybridized carbons (Fsp3) is 0.758. The van der Waals surface area contributed by atoms with Crippen LogP contribution in [0, 0.1) is 0 Å². The van der Waals surface area contributed by atoms with Gasteiger partial charge in [-0.25, -0.2) is 4.79 Å². The van der Waals surface area contributed by atoms with E-state index < -0.39 is 36.2 Å². The van der Waals surface area contributed by atoms with Crippen LogP contribution < -0.4 is 5.32 Å². The van der Waals surface area contributed by atoms with Crippen molar-refractivity contribution in [3.63, 3.8) is 0 Å². The standard InChI is InChI=1S/C33H53N3O17/c37-28(5-7-35-29(38)1-2-30(35)39)34-6-8-43-9-10-44-11-12-45-13-14-46-15-16-47-17-18-48-19-20-49-21-22-50-23-24-51-25-26-52-27-33(42)53-36-31(40)3-4-32(36)41/h1-2H,3-27H2,(H,34,37). The van der Waals surface area contributed by atoms with E-state index >= 15 is 0 Å². The van der Waals surface area contributed by atoms with Crippen LogP contribution >= 0.6 is 0 Å². The second kappa shape index (κ2) is 31.0. The van der Waals surface area contributed by atoms with Crippen LogP contribution in [0.5, 0.6) is 0 Å². The molecule has 53 heavy (non-hydrogen) atoms. The van der Waals surface area contributed by atoms with Gasteiger partial charge in [-0.2, -0.15) is 0 Å². The van der Waals surface area contributed by atoms with Crippen LogP contribution in [-0.2, 0) is 81.0 Å². The molecule has 0 bridgehead atoms. The summed E-state index contributed by atoms with van der Waals surface area (Å²) < 4.78 is 53.8. The van der Waals surface area contributed by atoms with Gasteiger partial charge < -0.3 is 57.5 Å². The van der Waals surface area contributed by atoms with Gasteiger partial charge in [0.05, 0.1) is 126 Å². The maximum atomic E-state index is 11.8. The first-order valence-electron chi connectivity index (χ1n) is 17.5. The predicted octanol–water partition coefficient (Wildman–Crippen LogP) is -1.81. The van der Waals surface area contributed by atoms with E-state index in [-0.39, 0.29) is 44.9 Å². The summed E-state index contributed by atoms with van der Waals surface area (Å²) in [7, 11) is 0. The summed E-state index contributed by atoms with van der Waals surface area (Å²) in [4.78, 5) is 74.7. The number of hydrogen-bond acceptors (Lipinski definition) is 17. The third kappa shape index (κ3) is 23.8. The van der Waals surface area contributed by atoms with E-state index in [1.165, 1.54) is 12.2 Å². The molecule has 0 unspecified atom stereocenters. The smallest absolute Gasteiger partial charge is 0.358 e. The second-order valence-corrected chi connectivity index (χ2v) is 10.9. The second-order valence-electron chi connectivity index (χ2n) is 10.9. The van der Waals surface area contributed by atoms with Gasteiger partial charge in [0.2, 0.25) is 5.91 Å². The van der Waals surface area contributed by atoms with Crippen molar-refractivity contribution in [2.75, 3.05) is 145 Å². The molecule has 2 aliphatic heterocycles. The lowest BCUT2D eigenvalue weighted by atomic mass is 10.3. The fourth-order valence-corrected chi connectivity index (χ4v) is 4.14. The lowest BCUT2D eigenvalue weighted by Gasteiger charge is -2.13. The number of hydroxylamine groups is 2. The number of ether oxygens (including phenoxy) is 10. The molecule has 0 aromatic carbocycles. The van der Waals surface area contributed by atoms with Gasteiger partial charge in [0.25, 0.3) is 23.6 Å². The molecule has 20 nitrogen and oxygen atoms in total. The van der Waals surface area contributed by atoms with Gasteiger partial charge in [0.1, 0.15) is 6.61 Å². The Kier molecular flexibility index (Phi) is 26.7. The van der Waals surface area contributed by atoms with E-state index in [1.807, 2.05) is 0 Å². The largest absolute Gasteiger partial charge is 0.377 e. The Hall–Kier alpha value is -3.44. The molecule has 0 spiro atoms. The van der Waals surface area contributed by atoms with Crippen LogP contribution in [0.25, 0.3) is 0 Å². The van der Waals surface area contributed by atoms with E-state index in [0.717, 1.165) is 4.90 Å². The van der Waals surface area contributed by atoms with Crippen LogP contribution in [0.1, 0.15) is 19.3 Å². The molecule has 0 aromatic heterocycles. The SMILES string of the molecule is O=C(CCN1C(=O)C=CC1=O)NCCOCCOCCOCCOCCOCCOCCOCCOCCOCCOCC(=O)ON1C(=O)CCC1=O. The van der Waals surface area contributed by atoms with Gasteiger partial charge in [0.15, 0.2) is 0 Å². The van der Waals surface area contributed by atoms with Gasteiger partial charge in [-0.05, 0) is 0 Å². The van der Waals surface area contributed by atoms with Gasteiger partial charge in [-0.1, -0.05) is 0 Å². The van der Waals surface area contributed by atoms with Crippen LogP contribution in [0.15, 0.2) is 12.2 Å². The first-order chi connectivity index (χ1) is 25.9. The van der Waals surface area contributed by atoms with Crippen molar-refractivity contribution in [3.8, 4) is 0 Å². The van der Waals surface area contributed by atoms with Gasteiger partial charge in [-0.3, -0.25) is 28.9 Å². The maximum absolute atomic E-state index is 11.8. The molecule has 0 radical (unpaired) electrons. The van der Waals surface area contributed by atoms with Crippen molar-refractivity contribution in [3.05, 3.63) is 12.2 Å². The van der Waals surface area contributed by atoms with E-state index in [2.05, 4.69) is 10.2 Å². The molecule has 1 N–H and O–H groups in total. The average molecular weight is 764 g/mol. The quantitative estimate of drug-likeness (QED) is 0.0549. The normalized spacial score (nSPS) is 14.3. The van der Waals surface area contributed by atoms with Crippen molar-refractivity contribution in [1.29, 1.82) is 0 Å². The number of nitrogens with one attached hydrogen (secondary N) is 1. The van der Waals surface area contributed by atoms with E-state index in [0.29, 0.717) is 124 Å². The zero-order valence-electron chi connectivity index (χ0n) is 30.2. The maximum Gasteiger partial charge on any atom is 0.358 e. The Morgan fingerprint density at radius 1 is 0.509 bits per heavy atom. The monoisotopic (exact) mass is 763 g/mol. The Labute approximate surface area is 308 Å². The number of hydrogen-bond donors (Lipinski definition) is 1. The molecular weight excluding hydrogens is 710 g/mol. The molecular formula is C33H53N3O17. The molecule has 0 aliphatic carbocycles. The van der Waals surface area contributed by atoms with E-state index in [4.69, 9.17) is 47.4 Å². The molecule has 2 aliphatic rings. The van der Waals surface area contributed by atoms with E-state index in [1.54, 1.807) is 0 Å². The van der Waals surface area contributed by atoms with Crippen LogP contribution in [0.4, 0.5) is 0 Å². The van der Waals surface area contributed by atoms with E-state index in [9.17, 15) is 28.8 Å². The minimum atomic E-state index is -0.830. The Bertz CT molecular complexity index is 1070. The van der Waals surface area contributed by atoms with Gasteiger partial charge in [-0.15, -0.1) is 5.06 Å². The molecule has 0 aromatic rings. The molecule has 1 saturated heterocycles. The molecule has 5 amide bonds. The van der Waals surface area contributed by atoms with Crippen molar-refractivity contribution >= 4 is 35.5 Å².